The highest BCUT2D eigenvalue weighted by Gasteiger charge is 2.48. The Morgan fingerprint density at radius 3 is 2.51 bits per heavy atom. The van der Waals surface area contributed by atoms with Gasteiger partial charge in [0, 0.05) is 12.1 Å². The highest BCUT2D eigenvalue weighted by atomic mass is 16.5. The molecule has 0 radical (unpaired) electrons. The molecule has 39 heavy (non-hydrogen) atoms. The number of benzene rings is 2. The van der Waals surface area contributed by atoms with Gasteiger partial charge in [0.2, 0.25) is 11.8 Å². The van der Waals surface area contributed by atoms with Gasteiger partial charge in [-0.2, -0.15) is 0 Å². The quantitative estimate of drug-likeness (QED) is 0.446. The first-order chi connectivity index (χ1) is 18.9. The van der Waals surface area contributed by atoms with E-state index in [1.54, 1.807) is 12.2 Å². The fourth-order valence-electron chi connectivity index (χ4n) is 5.27. The van der Waals surface area contributed by atoms with E-state index in [-0.39, 0.29) is 30.3 Å². The number of rotatable bonds is 10. The topological polar surface area (TPSA) is 108 Å². The van der Waals surface area contributed by atoms with Crippen LogP contribution in [0, 0.1) is 11.3 Å². The Morgan fingerprint density at radius 2 is 1.85 bits per heavy atom. The largest absolute Gasteiger partial charge is 0.481 e. The van der Waals surface area contributed by atoms with Crippen LogP contribution >= 0.6 is 0 Å². The Labute approximate surface area is 228 Å². The summed E-state index contributed by atoms with van der Waals surface area (Å²) in [5, 5.41) is 18.1. The van der Waals surface area contributed by atoms with E-state index in [2.05, 4.69) is 16.1 Å². The molecule has 1 aliphatic heterocycles. The highest BCUT2D eigenvalue weighted by molar-refractivity contribution is 5.97. The first-order valence-electron chi connectivity index (χ1n) is 13.5. The number of nitrogens with one attached hydrogen (secondary N) is 1. The van der Waals surface area contributed by atoms with Crippen molar-refractivity contribution >= 4 is 23.7 Å². The van der Waals surface area contributed by atoms with Crippen LogP contribution in [0.5, 0.6) is 0 Å². The van der Waals surface area contributed by atoms with E-state index in [9.17, 15) is 19.5 Å². The van der Waals surface area contributed by atoms with Crippen molar-refractivity contribution in [1.82, 2.24) is 10.3 Å². The number of carbonyl (C=O) groups is 3. The van der Waals surface area contributed by atoms with Gasteiger partial charge in [-0.3, -0.25) is 14.4 Å². The van der Waals surface area contributed by atoms with E-state index >= 15 is 0 Å². The van der Waals surface area contributed by atoms with Crippen LogP contribution in [0.2, 0.25) is 0 Å². The van der Waals surface area contributed by atoms with Gasteiger partial charge < -0.3 is 15.2 Å². The number of aliphatic carboxylic acids is 1. The second kappa shape index (κ2) is 11.7. The molecule has 1 heterocycles. The molecular formula is C31H33N3O5. The lowest BCUT2D eigenvalue weighted by atomic mass is 9.83. The van der Waals surface area contributed by atoms with Gasteiger partial charge in [0.1, 0.15) is 0 Å². The molecule has 2 aromatic carbocycles. The van der Waals surface area contributed by atoms with Gasteiger partial charge in [0.05, 0.1) is 17.9 Å². The fourth-order valence-corrected chi connectivity index (χ4v) is 5.27. The summed E-state index contributed by atoms with van der Waals surface area (Å²) < 4.78 is 5.53. The summed E-state index contributed by atoms with van der Waals surface area (Å²) in [6, 6.07) is 17.3. The van der Waals surface area contributed by atoms with Crippen molar-refractivity contribution in [2.75, 3.05) is 13.2 Å². The van der Waals surface area contributed by atoms with Crippen molar-refractivity contribution in [2.45, 2.75) is 51.0 Å². The molecule has 8 heteroatoms. The predicted octanol–water partition coefficient (Wildman–Crippen LogP) is 4.37. The Hall–Kier alpha value is -4.16. The molecule has 0 spiro atoms. The number of hydrogen-bond acceptors (Lipinski definition) is 5. The number of hydrazone groups is 1. The summed E-state index contributed by atoms with van der Waals surface area (Å²) in [5.41, 5.74) is 4.85. The number of ether oxygens (including phenoxy) is 1. The normalized spacial score (nSPS) is 18.8. The maximum absolute atomic E-state index is 13.3. The number of carbonyl (C=O) groups excluding carboxylic acids is 2. The molecule has 0 aromatic heterocycles. The van der Waals surface area contributed by atoms with Crippen molar-refractivity contribution in [1.29, 1.82) is 0 Å². The van der Waals surface area contributed by atoms with Crippen LogP contribution in [0.15, 0.2) is 77.6 Å². The van der Waals surface area contributed by atoms with Gasteiger partial charge in [-0.05, 0) is 67.0 Å². The Bertz CT molecular complexity index is 1300. The third-order valence-corrected chi connectivity index (χ3v) is 7.75. The zero-order valence-corrected chi connectivity index (χ0v) is 21.8. The van der Waals surface area contributed by atoms with Gasteiger partial charge in [-0.15, -0.1) is 10.8 Å². The zero-order chi connectivity index (χ0) is 27.2. The van der Waals surface area contributed by atoms with Crippen LogP contribution in [-0.4, -0.2) is 46.9 Å². The molecule has 8 nitrogen and oxygen atoms in total. The fraction of sp³-hybridized carbons (Fsp3) is 0.387. The van der Waals surface area contributed by atoms with Gasteiger partial charge in [-0.1, -0.05) is 55.3 Å². The first kappa shape index (κ1) is 26.4. The van der Waals surface area contributed by atoms with Crippen molar-refractivity contribution in [3.05, 3.63) is 89.2 Å². The molecule has 2 amide bonds. The van der Waals surface area contributed by atoms with Crippen molar-refractivity contribution < 1.29 is 24.2 Å². The molecule has 0 saturated heterocycles. The smallest absolute Gasteiger partial charge is 0.314 e. The number of carboxylic acids is 1. The summed E-state index contributed by atoms with van der Waals surface area (Å²) in [7, 11) is 0. The van der Waals surface area contributed by atoms with Crippen LogP contribution in [0.4, 0.5) is 0 Å². The third-order valence-electron chi connectivity index (χ3n) is 7.75. The Kier molecular flexibility index (Phi) is 7.94. The molecule has 2 aromatic rings. The first-order valence-corrected chi connectivity index (χ1v) is 13.5. The summed E-state index contributed by atoms with van der Waals surface area (Å²) in [5.74, 6) is -0.633. The van der Waals surface area contributed by atoms with E-state index in [0.29, 0.717) is 31.8 Å². The molecular weight excluding hydrogens is 494 g/mol. The molecule has 3 aliphatic rings. The molecule has 2 N–H and O–H groups in total. The van der Waals surface area contributed by atoms with Crippen LogP contribution < -0.4 is 5.32 Å². The van der Waals surface area contributed by atoms with E-state index in [1.807, 2.05) is 54.6 Å². The third kappa shape index (κ3) is 6.29. The van der Waals surface area contributed by atoms with E-state index in [4.69, 9.17) is 4.74 Å². The van der Waals surface area contributed by atoms with E-state index in [0.717, 1.165) is 42.4 Å². The van der Waals surface area contributed by atoms with E-state index < -0.39 is 11.4 Å². The van der Waals surface area contributed by atoms with Gasteiger partial charge in [0.25, 0.3) is 5.91 Å². The molecule has 1 atom stereocenters. The maximum atomic E-state index is 13.3. The average Bonchev–Trinajstić information content (AvgIpc) is 3.56. The van der Waals surface area contributed by atoms with Crippen LogP contribution in [-0.2, 0) is 25.7 Å². The second-order valence-electron chi connectivity index (χ2n) is 10.5. The lowest BCUT2D eigenvalue weighted by Gasteiger charge is -2.25. The molecule has 202 valence electrons. The lowest BCUT2D eigenvalue weighted by Crippen LogP contribution is -2.36. The minimum absolute atomic E-state index is 0.0347. The van der Waals surface area contributed by atoms with Crippen LogP contribution in [0.25, 0.3) is 0 Å². The molecule has 5 rings (SSSR count). The lowest BCUT2D eigenvalue weighted by molar-refractivity contribution is -0.141. The average molecular weight is 528 g/mol. The summed E-state index contributed by atoms with van der Waals surface area (Å²) in [6.07, 6.45) is 8.80. The number of carboxylic acid groups (broad SMARTS) is 1. The number of amides is 2. The monoisotopic (exact) mass is 527 g/mol. The van der Waals surface area contributed by atoms with E-state index in [1.165, 1.54) is 5.01 Å². The van der Waals surface area contributed by atoms with Crippen molar-refractivity contribution in [3.8, 4) is 0 Å². The van der Waals surface area contributed by atoms with Gasteiger partial charge in [-0.25, -0.2) is 5.01 Å². The number of hydrogen-bond donors (Lipinski definition) is 2. The number of nitrogens with zero attached hydrogens (tertiary/aromatic N) is 2. The predicted molar refractivity (Wildman–Crippen MR) is 146 cm³/mol. The molecule has 1 unspecified atom stereocenters. The summed E-state index contributed by atoms with van der Waals surface area (Å²) >= 11 is 0. The molecule has 2 aliphatic carbocycles. The van der Waals surface area contributed by atoms with Crippen molar-refractivity contribution in [3.63, 3.8) is 0 Å². The Morgan fingerprint density at radius 1 is 1.13 bits per heavy atom. The molecule has 2 fully saturated rings. The zero-order valence-electron chi connectivity index (χ0n) is 21.8. The Balaban J connectivity index is 1.25. The minimum Gasteiger partial charge on any atom is -0.481 e. The molecule has 0 bridgehead atoms. The van der Waals surface area contributed by atoms with Gasteiger partial charge >= 0.3 is 5.97 Å². The SMILES string of the molecule is O=C(NCC=C=CC1(C(=O)O)CC1)C(c1ccc(CN2N=C(c3ccccc3)OCC2=O)cc1)C1CCCC1. The molecule has 2 saturated carbocycles. The maximum Gasteiger partial charge on any atom is 0.314 e. The highest BCUT2D eigenvalue weighted by Crippen LogP contribution is 2.47. The second-order valence-corrected chi connectivity index (χ2v) is 10.5. The summed E-state index contributed by atoms with van der Waals surface area (Å²) in [6.45, 7) is 0.554. The standard InChI is InChI=1S/C31H33N3O5/c35-26-21-39-29(25-10-2-1-3-11-25)33-34(26)20-22-12-14-24(15-13-22)27(23-8-4-5-9-23)28(36)32-19-7-6-16-31(17-18-31)30(37)38/h1-3,7,10-16,23,27H,4-5,8-9,17-21H2,(H,32,36)(H,37,38). The van der Waals surface area contributed by atoms with Crippen LogP contribution in [0.1, 0.15) is 61.1 Å². The van der Waals surface area contributed by atoms with Crippen LogP contribution in [0.3, 0.4) is 0 Å². The van der Waals surface area contributed by atoms with Crippen molar-refractivity contribution in [2.24, 2.45) is 16.4 Å². The minimum atomic E-state index is -0.821. The summed E-state index contributed by atoms with van der Waals surface area (Å²) in [4.78, 5) is 37.0. The van der Waals surface area contributed by atoms with Gasteiger partial charge in [0.15, 0.2) is 6.61 Å².